The van der Waals surface area contributed by atoms with Gasteiger partial charge in [-0.25, -0.2) is 9.98 Å². The summed E-state index contributed by atoms with van der Waals surface area (Å²) in [6.45, 7) is 15.2. The van der Waals surface area contributed by atoms with Gasteiger partial charge >= 0.3 is 5.97 Å². The van der Waals surface area contributed by atoms with Crippen LogP contribution in [0.4, 0.5) is 0 Å². The normalized spacial score (nSPS) is 13.1. The average Bonchev–Trinajstić information content (AvgIpc) is 3.13. The molecule has 0 saturated heterocycles. The molecule has 158 valence electrons. The molecular formula is C22H37N3O3. The molecule has 0 spiro atoms. The maximum Gasteiger partial charge on any atom is 0.309 e. The van der Waals surface area contributed by atoms with E-state index in [2.05, 4.69) is 15.3 Å². The van der Waals surface area contributed by atoms with Crippen LogP contribution in [0.15, 0.2) is 39.2 Å². The lowest BCUT2D eigenvalue weighted by Crippen LogP contribution is -2.29. The monoisotopic (exact) mass is 391 g/mol. The number of hydrogen-bond donors (Lipinski definition) is 2. The van der Waals surface area contributed by atoms with Crippen LogP contribution >= 0.6 is 0 Å². The molecule has 0 amide bonds. The van der Waals surface area contributed by atoms with Gasteiger partial charge in [0, 0.05) is 31.2 Å². The van der Waals surface area contributed by atoms with Crippen molar-refractivity contribution in [3.05, 3.63) is 41.4 Å². The third-order valence-corrected chi connectivity index (χ3v) is 4.06. The first kappa shape index (κ1) is 25.6. The topological polar surface area (TPSA) is 87.7 Å². The minimum absolute atomic E-state index is 0.415. The Bertz CT molecular complexity index is 698. The fraction of sp³-hybridized carbons (Fsp3) is 0.591. The lowest BCUT2D eigenvalue weighted by atomic mass is 9.88. The molecule has 0 aliphatic heterocycles. The van der Waals surface area contributed by atoms with Crippen LogP contribution in [0.25, 0.3) is 0 Å². The van der Waals surface area contributed by atoms with Gasteiger partial charge in [0.1, 0.15) is 11.6 Å². The Kier molecular flexibility index (Phi) is 11.8. The molecule has 0 unspecified atom stereocenters. The highest BCUT2D eigenvalue weighted by Gasteiger charge is 2.28. The average molecular weight is 392 g/mol. The van der Waals surface area contributed by atoms with Crippen molar-refractivity contribution in [3.63, 3.8) is 0 Å². The zero-order valence-corrected chi connectivity index (χ0v) is 18.7. The predicted molar refractivity (Wildman–Crippen MR) is 115 cm³/mol. The molecule has 0 saturated carbocycles. The minimum atomic E-state index is -0.825. The van der Waals surface area contributed by atoms with Crippen LogP contribution in [0.3, 0.4) is 0 Å². The number of allylic oxidation sites excluding steroid dienone is 3. The van der Waals surface area contributed by atoms with Crippen molar-refractivity contribution in [2.45, 2.75) is 81.1 Å². The van der Waals surface area contributed by atoms with Crippen LogP contribution in [0.5, 0.6) is 0 Å². The van der Waals surface area contributed by atoms with Gasteiger partial charge in [0.15, 0.2) is 5.89 Å². The summed E-state index contributed by atoms with van der Waals surface area (Å²) in [6.07, 6.45) is 8.31. The Balaban J connectivity index is 0.00000352. The second kappa shape index (κ2) is 12.9. The second-order valence-electron chi connectivity index (χ2n) is 7.07. The number of nitrogens with one attached hydrogen (secondary N) is 1. The van der Waals surface area contributed by atoms with Crippen molar-refractivity contribution in [2.24, 2.45) is 10.4 Å². The predicted octanol–water partition coefficient (Wildman–Crippen LogP) is 5.51. The summed E-state index contributed by atoms with van der Waals surface area (Å²) in [5.41, 5.74) is 1.14. The Morgan fingerprint density at radius 3 is 2.50 bits per heavy atom. The Morgan fingerprint density at radius 1 is 1.36 bits per heavy atom. The standard InChI is InChI=1S/C20H31N3O3.C2H6/c1-7-16(11-20(5,6)19(24)25)23-15(4)21-12-14(3)9-10-18-22-13-17(8-2)26-18;1-2/h7,12-13H,8-11H2,1-6H3,(H,21,23)(H,24,25);1-2H3/b14-12+,16-7+;. The minimum Gasteiger partial charge on any atom is -0.481 e. The Labute approximate surface area is 169 Å². The number of carboxylic acid groups (broad SMARTS) is 1. The summed E-state index contributed by atoms with van der Waals surface area (Å²) < 4.78 is 5.60. The second-order valence-corrected chi connectivity index (χ2v) is 7.07. The molecule has 0 radical (unpaired) electrons. The summed E-state index contributed by atoms with van der Waals surface area (Å²) in [6, 6.07) is 0. The quantitative estimate of drug-likeness (QED) is 0.428. The van der Waals surface area contributed by atoms with E-state index in [1.807, 2.05) is 53.8 Å². The van der Waals surface area contributed by atoms with Crippen molar-refractivity contribution >= 4 is 11.8 Å². The molecule has 0 aromatic carbocycles. The molecule has 2 N–H and O–H groups in total. The molecule has 1 aromatic rings. The highest BCUT2D eigenvalue weighted by Crippen LogP contribution is 2.24. The van der Waals surface area contributed by atoms with E-state index in [1.54, 1.807) is 20.0 Å². The van der Waals surface area contributed by atoms with Gasteiger partial charge in [0.05, 0.1) is 11.6 Å². The van der Waals surface area contributed by atoms with E-state index in [9.17, 15) is 9.90 Å². The highest BCUT2D eigenvalue weighted by atomic mass is 16.4. The summed E-state index contributed by atoms with van der Waals surface area (Å²) in [5, 5.41) is 12.4. The molecular weight excluding hydrogens is 354 g/mol. The lowest BCUT2D eigenvalue weighted by molar-refractivity contribution is -0.146. The van der Waals surface area contributed by atoms with Gasteiger partial charge in [-0.15, -0.1) is 0 Å². The molecule has 0 aliphatic rings. The van der Waals surface area contributed by atoms with Crippen LogP contribution in [-0.2, 0) is 17.6 Å². The molecule has 6 heteroatoms. The molecule has 0 atom stereocenters. The number of aliphatic imine (C=N–C) groups is 1. The van der Waals surface area contributed by atoms with E-state index in [4.69, 9.17) is 4.42 Å². The number of hydrogen-bond acceptors (Lipinski definition) is 4. The maximum absolute atomic E-state index is 11.3. The molecule has 0 fully saturated rings. The number of carboxylic acids is 1. The zero-order valence-electron chi connectivity index (χ0n) is 18.7. The van der Waals surface area contributed by atoms with Gasteiger partial charge in [-0.1, -0.05) is 32.4 Å². The first-order chi connectivity index (χ1) is 13.2. The van der Waals surface area contributed by atoms with Crippen LogP contribution < -0.4 is 5.32 Å². The largest absolute Gasteiger partial charge is 0.481 e. The highest BCUT2D eigenvalue weighted by molar-refractivity contribution is 5.82. The summed E-state index contributed by atoms with van der Waals surface area (Å²) in [7, 11) is 0. The van der Waals surface area contributed by atoms with Gasteiger partial charge in [0.2, 0.25) is 0 Å². The first-order valence-corrected chi connectivity index (χ1v) is 9.97. The van der Waals surface area contributed by atoms with E-state index in [0.717, 1.165) is 48.0 Å². The van der Waals surface area contributed by atoms with Gasteiger partial charge in [0.25, 0.3) is 0 Å². The number of amidine groups is 1. The number of aromatic nitrogens is 1. The smallest absolute Gasteiger partial charge is 0.309 e. The molecule has 0 bridgehead atoms. The molecule has 1 aromatic heterocycles. The molecule has 1 heterocycles. The summed E-state index contributed by atoms with van der Waals surface area (Å²) >= 11 is 0. The number of aryl methyl sites for hydroxylation is 2. The van der Waals surface area contributed by atoms with Crippen molar-refractivity contribution in [1.29, 1.82) is 0 Å². The van der Waals surface area contributed by atoms with Crippen LogP contribution in [-0.4, -0.2) is 21.9 Å². The van der Waals surface area contributed by atoms with E-state index >= 15 is 0 Å². The van der Waals surface area contributed by atoms with Gasteiger partial charge in [-0.3, -0.25) is 4.79 Å². The van der Waals surface area contributed by atoms with Crippen LogP contribution in [0.2, 0.25) is 0 Å². The lowest BCUT2D eigenvalue weighted by Gasteiger charge is -2.21. The Morgan fingerprint density at radius 2 is 2.00 bits per heavy atom. The van der Waals surface area contributed by atoms with Crippen molar-refractivity contribution in [2.75, 3.05) is 0 Å². The van der Waals surface area contributed by atoms with Crippen molar-refractivity contribution in [1.82, 2.24) is 10.3 Å². The van der Waals surface area contributed by atoms with Gasteiger partial charge in [-0.05, 0) is 41.0 Å². The number of oxazole rings is 1. The van der Waals surface area contributed by atoms with E-state index in [-0.39, 0.29) is 0 Å². The number of aliphatic carboxylic acids is 1. The molecule has 6 nitrogen and oxygen atoms in total. The van der Waals surface area contributed by atoms with E-state index < -0.39 is 11.4 Å². The first-order valence-electron chi connectivity index (χ1n) is 9.97. The third kappa shape index (κ3) is 9.53. The SMILES string of the molecule is C/C=C(\CC(C)(C)C(=O)O)NC(C)=N/C=C(\C)CCc1ncc(CC)o1.CC. The van der Waals surface area contributed by atoms with Gasteiger partial charge < -0.3 is 14.8 Å². The van der Waals surface area contributed by atoms with Gasteiger partial charge in [-0.2, -0.15) is 0 Å². The summed E-state index contributed by atoms with van der Waals surface area (Å²) in [5.74, 6) is 1.56. The number of carbonyl (C=O) groups is 1. The summed E-state index contributed by atoms with van der Waals surface area (Å²) in [4.78, 5) is 20.0. The van der Waals surface area contributed by atoms with E-state index in [0.29, 0.717) is 6.42 Å². The maximum atomic E-state index is 11.3. The van der Waals surface area contributed by atoms with Crippen LogP contribution in [0, 0.1) is 5.41 Å². The fourth-order valence-electron chi connectivity index (χ4n) is 2.24. The van der Waals surface area contributed by atoms with Crippen LogP contribution in [0.1, 0.15) is 79.9 Å². The molecule has 1 rings (SSSR count). The number of nitrogens with zero attached hydrogens (tertiary/aromatic N) is 2. The van der Waals surface area contributed by atoms with E-state index in [1.165, 1.54) is 0 Å². The fourth-order valence-corrected chi connectivity index (χ4v) is 2.24. The van der Waals surface area contributed by atoms with Crippen molar-refractivity contribution < 1.29 is 14.3 Å². The Hall–Kier alpha value is -2.37. The van der Waals surface area contributed by atoms with Crippen molar-refractivity contribution in [3.8, 4) is 0 Å². The third-order valence-electron chi connectivity index (χ3n) is 4.06. The molecule has 28 heavy (non-hydrogen) atoms. The zero-order chi connectivity index (χ0) is 21.7. The number of rotatable bonds is 9. The molecule has 0 aliphatic carbocycles.